The molecule has 0 unspecified atom stereocenters. The maximum atomic E-state index is 12.5. The maximum Gasteiger partial charge on any atom is 0.261 e. The van der Waals surface area contributed by atoms with Gasteiger partial charge < -0.3 is 5.32 Å². The van der Waals surface area contributed by atoms with Gasteiger partial charge in [-0.25, -0.2) is 8.42 Å². The van der Waals surface area contributed by atoms with Gasteiger partial charge in [-0.05, 0) is 49.7 Å². The minimum atomic E-state index is -3.78. The average Bonchev–Trinajstić information content (AvgIpc) is 2.64. The van der Waals surface area contributed by atoms with Crippen molar-refractivity contribution in [1.82, 2.24) is 0 Å². The summed E-state index contributed by atoms with van der Waals surface area (Å²) >= 11 is 0. The number of nitriles is 3. The molecule has 0 bridgehead atoms. The van der Waals surface area contributed by atoms with Crippen LogP contribution in [0.5, 0.6) is 0 Å². The predicted molar refractivity (Wildman–Crippen MR) is 101 cm³/mol. The molecule has 0 aliphatic heterocycles. The third kappa shape index (κ3) is 4.64. The van der Waals surface area contributed by atoms with Crippen LogP contribution in [0.2, 0.25) is 0 Å². The highest BCUT2D eigenvalue weighted by atomic mass is 32.2. The molecule has 27 heavy (non-hydrogen) atoms. The number of aryl methyl sites for hydroxylation is 2. The lowest BCUT2D eigenvalue weighted by atomic mass is 10.1. The molecule has 2 aromatic carbocycles. The van der Waals surface area contributed by atoms with Gasteiger partial charge in [0.25, 0.3) is 10.0 Å². The van der Waals surface area contributed by atoms with Gasteiger partial charge in [0.1, 0.15) is 23.9 Å². The Hall–Kier alpha value is -3.80. The Bertz CT molecular complexity index is 1110. The molecule has 0 aromatic heterocycles. The van der Waals surface area contributed by atoms with Crippen molar-refractivity contribution >= 4 is 21.4 Å². The highest BCUT2D eigenvalue weighted by Gasteiger charge is 2.15. The van der Waals surface area contributed by atoms with E-state index >= 15 is 0 Å². The lowest BCUT2D eigenvalue weighted by Gasteiger charge is -2.12. The van der Waals surface area contributed by atoms with E-state index in [2.05, 4.69) is 10.0 Å². The largest absolute Gasteiger partial charge is 0.345 e. The first-order chi connectivity index (χ1) is 12.8. The highest BCUT2D eigenvalue weighted by Crippen LogP contribution is 2.22. The molecule has 8 heteroatoms. The van der Waals surface area contributed by atoms with E-state index in [4.69, 9.17) is 15.8 Å². The number of benzene rings is 2. The molecule has 0 atom stereocenters. The predicted octanol–water partition coefficient (Wildman–Crippen LogP) is 3.34. The molecule has 2 aromatic rings. The lowest BCUT2D eigenvalue weighted by Crippen LogP contribution is -2.14. The zero-order valence-corrected chi connectivity index (χ0v) is 15.4. The lowest BCUT2D eigenvalue weighted by molar-refractivity contribution is 0.601. The van der Waals surface area contributed by atoms with Crippen LogP contribution in [0.1, 0.15) is 11.1 Å². The van der Waals surface area contributed by atoms with Crippen molar-refractivity contribution in [3.05, 3.63) is 64.9 Å². The second kappa shape index (κ2) is 8.05. The van der Waals surface area contributed by atoms with Gasteiger partial charge >= 0.3 is 0 Å². The molecule has 0 fully saturated rings. The Morgan fingerprint density at radius 2 is 1.56 bits per heavy atom. The fraction of sp³-hybridized carbons (Fsp3) is 0.105. The first kappa shape index (κ1) is 19.5. The third-order valence-corrected chi connectivity index (χ3v) is 5.03. The van der Waals surface area contributed by atoms with Crippen molar-refractivity contribution < 1.29 is 8.42 Å². The molecule has 0 saturated carbocycles. The molecule has 7 nitrogen and oxygen atoms in total. The number of nitrogens with zero attached hydrogens (tertiary/aromatic N) is 3. The number of rotatable bonds is 5. The van der Waals surface area contributed by atoms with Crippen LogP contribution >= 0.6 is 0 Å². The summed E-state index contributed by atoms with van der Waals surface area (Å²) < 4.78 is 27.6. The van der Waals surface area contributed by atoms with Crippen LogP contribution in [-0.2, 0) is 10.0 Å². The molecule has 0 saturated heterocycles. The zero-order valence-electron chi connectivity index (χ0n) is 14.6. The van der Waals surface area contributed by atoms with E-state index in [0.29, 0.717) is 11.4 Å². The Morgan fingerprint density at radius 1 is 0.926 bits per heavy atom. The monoisotopic (exact) mass is 377 g/mol. The van der Waals surface area contributed by atoms with Crippen molar-refractivity contribution in [2.75, 3.05) is 10.0 Å². The number of sulfonamides is 1. The Morgan fingerprint density at radius 3 is 2.07 bits per heavy atom. The van der Waals surface area contributed by atoms with Gasteiger partial charge in [-0.3, -0.25) is 4.72 Å². The first-order valence-electron chi connectivity index (χ1n) is 7.72. The van der Waals surface area contributed by atoms with E-state index < -0.39 is 10.0 Å². The van der Waals surface area contributed by atoms with Crippen molar-refractivity contribution in [1.29, 1.82) is 15.8 Å². The SMILES string of the molecule is Cc1ccc(NS(=O)(=O)c2ccc(NC(C#N)=C(C#N)C#N)cc2)c(C)c1. The highest BCUT2D eigenvalue weighted by molar-refractivity contribution is 7.92. The van der Waals surface area contributed by atoms with E-state index in [1.165, 1.54) is 24.3 Å². The number of hydrogen-bond acceptors (Lipinski definition) is 6. The van der Waals surface area contributed by atoms with Gasteiger partial charge in [-0.2, -0.15) is 15.8 Å². The number of anilines is 2. The van der Waals surface area contributed by atoms with Crippen LogP contribution in [0, 0.1) is 47.8 Å². The topological polar surface area (TPSA) is 130 Å². The van der Waals surface area contributed by atoms with Crippen molar-refractivity contribution in [3.8, 4) is 18.2 Å². The summed E-state index contributed by atoms with van der Waals surface area (Å²) in [6.45, 7) is 3.74. The van der Waals surface area contributed by atoms with Crippen LogP contribution in [0.3, 0.4) is 0 Å². The molecular weight excluding hydrogens is 362 g/mol. The fourth-order valence-electron chi connectivity index (χ4n) is 2.28. The molecular formula is C19H15N5O2S. The van der Waals surface area contributed by atoms with Crippen LogP contribution in [0.15, 0.2) is 58.6 Å². The smallest absolute Gasteiger partial charge is 0.261 e. The summed E-state index contributed by atoms with van der Waals surface area (Å²) in [5, 5.41) is 29.3. The number of hydrogen-bond donors (Lipinski definition) is 2. The zero-order chi connectivity index (χ0) is 20.0. The van der Waals surface area contributed by atoms with Crippen LogP contribution in [-0.4, -0.2) is 8.42 Å². The van der Waals surface area contributed by atoms with Crippen LogP contribution in [0.4, 0.5) is 11.4 Å². The molecule has 134 valence electrons. The average molecular weight is 377 g/mol. The van der Waals surface area contributed by atoms with Crippen LogP contribution < -0.4 is 10.0 Å². The first-order valence-corrected chi connectivity index (χ1v) is 9.20. The van der Waals surface area contributed by atoms with Gasteiger partial charge in [-0.1, -0.05) is 17.7 Å². The summed E-state index contributed by atoms with van der Waals surface area (Å²) in [6.07, 6.45) is 0. The molecule has 2 N–H and O–H groups in total. The summed E-state index contributed by atoms with van der Waals surface area (Å²) in [7, 11) is -3.78. The normalized spacial score (nSPS) is 10.0. The number of allylic oxidation sites excluding steroid dienone is 2. The van der Waals surface area contributed by atoms with Gasteiger partial charge in [-0.15, -0.1) is 0 Å². The van der Waals surface area contributed by atoms with Crippen molar-refractivity contribution in [2.24, 2.45) is 0 Å². The summed E-state index contributed by atoms with van der Waals surface area (Å²) in [5.74, 6) is 0. The fourth-order valence-corrected chi connectivity index (χ4v) is 3.41. The summed E-state index contributed by atoms with van der Waals surface area (Å²) in [4.78, 5) is 0.0382. The summed E-state index contributed by atoms with van der Waals surface area (Å²) in [6, 6.07) is 16.0. The van der Waals surface area contributed by atoms with E-state index in [-0.39, 0.29) is 16.2 Å². The van der Waals surface area contributed by atoms with Crippen molar-refractivity contribution in [3.63, 3.8) is 0 Å². The number of nitrogens with one attached hydrogen (secondary N) is 2. The standard InChI is InChI=1S/C19H15N5O2S/c1-13-3-8-18(14(2)9-13)24-27(25,26)17-6-4-16(5-7-17)23-19(12-22)15(10-20)11-21/h3-9,23-24H,1-2H3. The van der Waals surface area contributed by atoms with Crippen LogP contribution in [0.25, 0.3) is 0 Å². The molecule has 0 radical (unpaired) electrons. The van der Waals surface area contributed by atoms with Gasteiger partial charge in [0.2, 0.25) is 0 Å². The van der Waals surface area contributed by atoms with E-state index in [9.17, 15) is 8.42 Å². The van der Waals surface area contributed by atoms with E-state index in [0.717, 1.165) is 11.1 Å². The third-order valence-electron chi connectivity index (χ3n) is 3.65. The molecule has 0 amide bonds. The van der Waals surface area contributed by atoms with Gasteiger partial charge in [0.05, 0.1) is 10.6 Å². The second-order valence-corrected chi connectivity index (χ2v) is 7.34. The van der Waals surface area contributed by atoms with E-state index in [1.807, 2.05) is 26.0 Å². The van der Waals surface area contributed by atoms with Gasteiger partial charge in [0.15, 0.2) is 5.57 Å². The molecule has 0 aliphatic rings. The van der Waals surface area contributed by atoms with Crippen molar-refractivity contribution in [2.45, 2.75) is 18.7 Å². The quantitative estimate of drug-likeness (QED) is 0.769. The van der Waals surface area contributed by atoms with E-state index in [1.54, 1.807) is 24.3 Å². The second-order valence-electron chi connectivity index (χ2n) is 5.66. The molecule has 0 heterocycles. The Kier molecular flexibility index (Phi) is 5.82. The Labute approximate surface area is 157 Å². The van der Waals surface area contributed by atoms with Gasteiger partial charge in [0, 0.05) is 5.69 Å². The minimum absolute atomic E-state index is 0.0382. The molecule has 0 aliphatic carbocycles. The summed E-state index contributed by atoms with van der Waals surface area (Å²) in [5.41, 5.74) is 2.14. The molecule has 0 spiro atoms. The Balaban J connectivity index is 2.26. The minimum Gasteiger partial charge on any atom is -0.345 e. The maximum absolute atomic E-state index is 12.5. The molecule has 2 rings (SSSR count).